The highest BCUT2D eigenvalue weighted by Gasteiger charge is 2.23. The summed E-state index contributed by atoms with van der Waals surface area (Å²) < 4.78 is 5.67. The second-order valence-electron chi connectivity index (χ2n) is 4.21. The summed E-state index contributed by atoms with van der Waals surface area (Å²) in [5.74, 6) is -0.0279. The van der Waals surface area contributed by atoms with Crippen LogP contribution < -0.4 is 0 Å². The van der Waals surface area contributed by atoms with Gasteiger partial charge in [-0.2, -0.15) is 0 Å². The Morgan fingerprint density at radius 1 is 1.19 bits per heavy atom. The van der Waals surface area contributed by atoms with E-state index in [-0.39, 0.29) is 12.0 Å². The van der Waals surface area contributed by atoms with Gasteiger partial charge in [-0.1, -0.05) is 30.3 Å². The molecular formula is C13H19NO2. The lowest BCUT2D eigenvalue weighted by Gasteiger charge is -2.23. The van der Waals surface area contributed by atoms with Gasteiger partial charge in [0.25, 0.3) is 5.91 Å². The molecule has 1 aromatic carbocycles. The summed E-state index contributed by atoms with van der Waals surface area (Å²) >= 11 is 0. The van der Waals surface area contributed by atoms with Gasteiger partial charge < -0.3 is 9.64 Å². The van der Waals surface area contributed by atoms with Gasteiger partial charge in [0.1, 0.15) is 0 Å². The molecule has 0 spiro atoms. The molecule has 3 heteroatoms. The number of amides is 1. The Bertz CT molecular complexity index is 333. The Hall–Kier alpha value is -1.35. The SMILES string of the molecule is CC(C)OC(C(=O)N(C)C)c1ccccc1. The van der Waals surface area contributed by atoms with Crippen LogP contribution in [0.4, 0.5) is 0 Å². The molecule has 16 heavy (non-hydrogen) atoms. The van der Waals surface area contributed by atoms with E-state index in [2.05, 4.69) is 0 Å². The fraction of sp³-hybridized carbons (Fsp3) is 0.462. The molecule has 0 heterocycles. The number of benzene rings is 1. The van der Waals surface area contributed by atoms with Gasteiger partial charge in [-0.3, -0.25) is 4.79 Å². The predicted octanol–water partition coefficient (Wildman–Crippen LogP) is 2.24. The van der Waals surface area contributed by atoms with Crippen molar-refractivity contribution in [1.82, 2.24) is 4.90 Å². The molecule has 0 N–H and O–H groups in total. The number of likely N-dealkylation sites (N-methyl/N-ethyl adjacent to an activating group) is 1. The normalized spacial score (nSPS) is 12.6. The minimum absolute atomic E-state index is 0.0223. The largest absolute Gasteiger partial charge is 0.361 e. The van der Waals surface area contributed by atoms with Gasteiger partial charge in [0, 0.05) is 14.1 Å². The first-order chi connectivity index (χ1) is 7.52. The molecular weight excluding hydrogens is 202 g/mol. The van der Waals surface area contributed by atoms with Crippen LogP contribution >= 0.6 is 0 Å². The highest BCUT2D eigenvalue weighted by molar-refractivity contribution is 5.81. The van der Waals surface area contributed by atoms with Crippen LogP contribution in [0.5, 0.6) is 0 Å². The molecule has 0 aliphatic rings. The lowest BCUT2D eigenvalue weighted by molar-refractivity contribution is -0.144. The van der Waals surface area contributed by atoms with Crippen molar-refractivity contribution in [3.05, 3.63) is 35.9 Å². The van der Waals surface area contributed by atoms with Crippen molar-refractivity contribution in [2.45, 2.75) is 26.1 Å². The minimum Gasteiger partial charge on any atom is -0.361 e. The standard InChI is InChI=1S/C13H19NO2/c1-10(2)16-12(13(15)14(3)4)11-8-6-5-7-9-11/h5-10,12H,1-4H3. The van der Waals surface area contributed by atoms with Gasteiger partial charge in [-0.25, -0.2) is 0 Å². The molecule has 0 saturated carbocycles. The quantitative estimate of drug-likeness (QED) is 0.780. The predicted molar refractivity (Wildman–Crippen MR) is 64.1 cm³/mol. The van der Waals surface area contributed by atoms with Gasteiger partial charge in [0.05, 0.1) is 6.10 Å². The van der Waals surface area contributed by atoms with Crippen LogP contribution in [0.15, 0.2) is 30.3 Å². The Morgan fingerprint density at radius 3 is 2.19 bits per heavy atom. The minimum atomic E-state index is -0.504. The monoisotopic (exact) mass is 221 g/mol. The average Bonchev–Trinajstić information content (AvgIpc) is 2.26. The van der Waals surface area contributed by atoms with Crippen LogP contribution in [0.25, 0.3) is 0 Å². The van der Waals surface area contributed by atoms with Crippen molar-refractivity contribution in [3.63, 3.8) is 0 Å². The number of carbonyl (C=O) groups is 1. The Morgan fingerprint density at radius 2 is 1.75 bits per heavy atom. The van der Waals surface area contributed by atoms with Crippen molar-refractivity contribution in [3.8, 4) is 0 Å². The van der Waals surface area contributed by atoms with Gasteiger partial charge >= 0.3 is 0 Å². The van der Waals surface area contributed by atoms with E-state index < -0.39 is 6.10 Å². The lowest BCUT2D eigenvalue weighted by atomic mass is 10.1. The first-order valence-electron chi connectivity index (χ1n) is 5.44. The van der Waals surface area contributed by atoms with E-state index >= 15 is 0 Å². The molecule has 0 aliphatic carbocycles. The summed E-state index contributed by atoms with van der Waals surface area (Å²) in [5.41, 5.74) is 0.898. The molecule has 1 aromatic rings. The molecule has 0 radical (unpaired) electrons. The smallest absolute Gasteiger partial charge is 0.255 e. The van der Waals surface area contributed by atoms with Crippen LogP contribution in [-0.4, -0.2) is 31.0 Å². The zero-order chi connectivity index (χ0) is 12.1. The van der Waals surface area contributed by atoms with Crippen LogP contribution in [0, 0.1) is 0 Å². The third-order valence-corrected chi connectivity index (χ3v) is 2.18. The molecule has 0 aromatic heterocycles. The van der Waals surface area contributed by atoms with Crippen molar-refractivity contribution < 1.29 is 9.53 Å². The maximum absolute atomic E-state index is 12.0. The second-order valence-corrected chi connectivity index (χ2v) is 4.21. The second kappa shape index (κ2) is 5.66. The summed E-state index contributed by atoms with van der Waals surface area (Å²) in [6.07, 6.45) is -0.481. The van der Waals surface area contributed by atoms with Crippen molar-refractivity contribution in [2.24, 2.45) is 0 Å². The third-order valence-electron chi connectivity index (χ3n) is 2.18. The molecule has 0 saturated heterocycles. The zero-order valence-electron chi connectivity index (χ0n) is 10.3. The van der Waals surface area contributed by atoms with Gasteiger partial charge in [-0.05, 0) is 19.4 Å². The first kappa shape index (κ1) is 12.7. The van der Waals surface area contributed by atoms with E-state index in [4.69, 9.17) is 4.74 Å². The van der Waals surface area contributed by atoms with Crippen molar-refractivity contribution in [2.75, 3.05) is 14.1 Å². The highest BCUT2D eigenvalue weighted by atomic mass is 16.5. The molecule has 1 amide bonds. The number of nitrogens with zero attached hydrogens (tertiary/aromatic N) is 1. The maximum Gasteiger partial charge on any atom is 0.255 e. The highest BCUT2D eigenvalue weighted by Crippen LogP contribution is 2.20. The summed E-state index contributed by atoms with van der Waals surface area (Å²) in [5, 5.41) is 0. The summed E-state index contributed by atoms with van der Waals surface area (Å²) in [6.45, 7) is 3.86. The average molecular weight is 221 g/mol. The Balaban J connectivity index is 2.92. The third kappa shape index (κ3) is 3.35. The van der Waals surface area contributed by atoms with Crippen LogP contribution in [0.1, 0.15) is 25.5 Å². The maximum atomic E-state index is 12.0. The molecule has 3 nitrogen and oxygen atoms in total. The number of hydrogen-bond donors (Lipinski definition) is 0. The summed E-state index contributed by atoms with van der Waals surface area (Å²) in [4.78, 5) is 13.5. The fourth-order valence-electron chi connectivity index (χ4n) is 1.41. The van der Waals surface area contributed by atoms with Crippen LogP contribution in [-0.2, 0) is 9.53 Å². The van der Waals surface area contributed by atoms with Gasteiger partial charge in [-0.15, -0.1) is 0 Å². The van der Waals surface area contributed by atoms with E-state index in [9.17, 15) is 4.79 Å². The van der Waals surface area contributed by atoms with E-state index in [1.807, 2.05) is 44.2 Å². The van der Waals surface area contributed by atoms with Crippen molar-refractivity contribution >= 4 is 5.91 Å². The van der Waals surface area contributed by atoms with Gasteiger partial charge in [0.15, 0.2) is 6.10 Å². The molecule has 1 unspecified atom stereocenters. The number of carbonyl (C=O) groups excluding carboxylic acids is 1. The number of rotatable bonds is 4. The van der Waals surface area contributed by atoms with E-state index in [1.54, 1.807) is 19.0 Å². The van der Waals surface area contributed by atoms with Crippen LogP contribution in [0.2, 0.25) is 0 Å². The lowest BCUT2D eigenvalue weighted by Crippen LogP contribution is -2.31. The van der Waals surface area contributed by atoms with Crippen LogP contribution in [0.3, 0.4) is 0 Å². The first-order valence-corrected chi connectivity index (χ1v) is 5.44. The summed E-state index contributed by atoms with van der Waals surface area (Å²) in [6, 6.07) is 9.57. The fourth-order valence-corrected chi connectivity index (χ4v) is 1.41. The Kier molecular flexibility index (Phi) is 4.50. The molecule has 0 aliphatic heterocycles. The molecule has 0 fully saturated rings. The number of hydrogen-bond acceptors (Lipinski definition) is 2. The Labute approximate surface area is 97.0 Å². The van der Waals surface area contributed by atoms with E-state index in [1.165, 1.54) is 0 Å². The molecule has 1 rings (SSSR count). The zero-order valence-corrected chi connectivity index (χ0v) is 10.3. The molecule has 1 atom stereocenters. The molecule has 0 bridgehead atoms. The van der Waals surface area contributed by atoms with E-state index in [0.717, 1.165) is 5.56 Å². The van der Waals surface area contributed by atoms with Crippen molar-refractivity contribution in [1.29, 1.82) is 0 Å². The van der Waals surface area contributed by atoms with Gasteiger partial charge in [0.2, 0.25) is 0 Å². The summed E-state index contributed by atoms with van der Waals surface area (Å²) in [7, 11) is 3.48. The molecule has 88 valence electrons. The van der Waals surface area contributed by atoms with E-state index in [0.29, 0.717) is 0 Å². The topological polar surface area (TPSA) is 29.5 Å². The number of ether oxygens (including phenoxy) is 1.